The second kappa shape index (κ2) is 10.4. The standard InChI is InChI=1S/C19H30N4O7/c1-10(2)15(22-16(26)11-5-3-7-20-11)18(28)23-8-4-6-13(23)17(27)21-12(19(29)30)9-14(24)25/h10-13,15,20H,3-9H2,1-2H3,(H,21,27)(H,22,26)(H,24,25)(H,29,30). The summed E-state index contributed by atoms with van der Waals surface area (Å²) in [6.45, 7) is 4.63. The Bertz CT molecular complexity index is 690. The maximum absolute atomic E-state index is 13.1. The van der Waals surface area contributed by atoms with Crippen molar-refractivity contribution in [3.8, 4) is 0 Å². The van der Waals surface area contributed by atoms with Gasteiger partial charge >= 0.3 is 11.9 Å². The zero-order valence-corrected chi connectivity index (χ0v) is 17.2. The van der Waals surface area contributed by atoms with Gasteiger partial charge in [-0.3, -0.25) is 19.2 Å². The average Bonchev–Trinajstić information content (AvgIpc) is 3.35. The van der Waals surface area contributed by atoms with Crippen LogP contribution in [0, 0.1) is 5.92 Å². The fraction of sp³-hybridized carbons (Fsp3) is 0.737. The Hall–Kier alpha value is -2.69. The first kappa shape index (κ1) is 23.6. The molecule has 2 fully saturated rings. The van der Waals surface area contributed by atoms with Crippen LogP contribution >= 0.6 is 0 Å². The Morgan fingerprint density at radius 3 is 2.27 bits per heavy atom. The van der Waals surface area contributed by atoms with Gasteiger partial charge in [0.1, 0.15) is 18.1 Å². The van der Waals surface area contributed by atoms with Crippen molar-refractivity contribution in [2.24, 2.45) is 5.92 Å². The molecule has 4 unspecified atom stereocenters. The van der Waals surface area contributed by atoms with Gasteiger partial charge in [0, 0.05) is 6.54 Å². The molecule has 3 amide bonds. The second-order valence-corrected chi connectivity index (χ2v) is 8.07. The number of carbonyl (C=O) groups excluding carboxylic acids is 3. The third-order valence-electron chi connectivity index (χ3n) is 5.44. The van der Waals surface area contributed by atoms with Crippen molar-refractivity contribution in [3.05, 3.63) is 0 Å². The summed E-state index contributed by atoms with van der Waals surface area (Å²) in [4.78, 5) is 61.7. The van der Waals surface area contributed by atoms with Crippen molar-refractivity contribution < 1.29 is 34.2 Å². The van der Waals surface area contributed by atoms with E-state index >= 15 is 0 Å². The van der Waals surface area contributed by atoms with Crippen LogP contribution in [0.5, 0.6) is 0 Å². The molecule has 2 aliphatic heterocycles. The highest BCUT2D eigenvalue weighted by Gasteiger charge is 2.40. The molecule has 2 heterocycles. The van der Waals surface area contributed by atoms with Gasteiger partial charge in [-0.1, -0.05) is 13.8 Å². The molecule has 2 aliphatic rings. The van der Waals surface area contributed by atoms with Crippen LogP contribution in [-0.2, 0) is 24.0 Å². The molecule has 11 nitrogen and oxygen atoms in total. The van der Waals surface area contributed by atoms with E-state index in [1.165, 1.54) is 4.90 Å². The highest BCUT2D eigenvalue weighted by molar-refractivity contribution is 5.95. The molecule has 4 atom stereocenters. The molecular formula is C19H30N4O7. The largest absolute Gasteiger partial charge is 0.481 e. The van der Waals surface area contributed by atoms with Crippen LogP contribution in [0.25, 0.3) is 0 Å². The monoisotopic (exact) mass is 426 g/mol. The minimum atomic E-state index is -1.58. The number of aliphatic carboxylic acids is 2. The normalized spacial score (nSPS) is 23.1. The van der Waals surface area contributed by atoms with Gasteiger partial charge in [0.15, 0.2) is 0 Å². The topological polar surface area (TPSA) is 165 Å². The smallest absolute Gasteiger partial charge is 0.326 e. The fourth-order valence-corrected chi connectivity index (χ4v) is 3.80. The van der Waals surface area contributed by atoms with E-state index in [2.05, 4.69) is 16.0 Å². The Kier molecular flexibility index (Phi) is 8.16. The van der Waals surface area contributed by atoms with Crippen molar-refractivity contribution >= 4 is 29.7 Å². The third kappa shape index (κ3) is 5.91. The molecule has 0 saturated carbocycles. The summed E-state index contributed by atoms with van der Waals surface area (Å²) >= 11 is 0. The number of carboxylic acids is 2. The molecular weight excluding hydrogens is 396 g/mol. The summed E-state index contributed by atoms with van der Waals surface area (Å²) in [6, 6.07) is -3.65. The van der Waals surface area contributed by atoms with Gasteiger partial charge in [0.25, 0.3) is 0 Å². The van der Waals surface area contributed by atoms with Crippen molar-refractivity contribution in [1.82, 2.24) is 20.9 Å². The summed E-state index contributed by atoms with van der Waals surface area (Å²) in [6.07, 6.45) is 1.69. The lowest BCUT2D eigenvalue weighted by molar-refractivity contribution is -0.148. The maximum Gasteiger partial charge on any atom is 0.326 e. The van der Waals surface area contributed by atoms with Crippen LogP contribution in [0.4, 0.5) is 0 Å². The van der Waals surface area contributed by atoms with Crippen molar-refractivity contribution in [1.29, 1.82) is 0 Å². The predicted octanol–water partition coefficient (Wildman–Crippen LogP) is -1.09. The highest BCUT2D eigenvalue weighted by atomic mass is 16.4. The van der Waals surface area contributed by atoms with E-state index in [9.17, 15) is 24.0 Å². The first-order chi connectivity index (χ1) is 14.1. The number of carbonyl (C=O) groups is 5. The van der Waals surface area contributed by atoms with Crippen LogP contribution in [0.2, 0.25) is 0 Å². The number of hydrogen-bond acceptors (Lipinski definition) is 6. The molecule has 30 heavy (non-hydrogen) atoms. The van der Waals surface area contributed by atoms with Gasteiger partial charge in [-0.15, -0.1) is 0 Å². The second-order valence-electron chi connectivity index (χ2n) is 8.07. The van der Waals surface area contributed by atoms with E-state index in [4.69, 9.17) is 10.2 Å². The first-order valence-electron chi connectivity index (χ1n) is 10.2. The average molecular weight is 426 g/mol. The molecule has 0 spiro atoms. The van der Waals surface area contributed by atoms with Crippen LogP contribution in [-0.4, -0.2) is 82.0 Å². The van der Waals surface area contributed by atoms with E-state index in [1.54, 1.807) is 13.8 Å². The van der Waals surface area contributed by atoms with E-state index in [0.29, 0.717) is 25.8 Å². The number of carboxylic acid groups (broad SMARTS) is 2. The summed E-state index contributed by atoms with van der Waals surface area (Å²) in [5.41, 5.74) is 0. The lowest BCUT2D eigenvalue weighted by atomic mass is 10.0. The molecule has 0 aromatic carbocycles. The van der Waals surface area contributed by atoms with Crippen molar-refractivity contribution in [3.63, 3.8) is 0 Å². The summed E-state index contributed by atoms with van der Waals surface area (Å²) in [5, 5.41) is 26.1. The van der Waals surface area contributed by atoms with Crippen molar-refractivity contribution in [2.75, 3.05) is 13.1 Å². The predicted molar refractivity (Wildman–Crippen MR) is 104 cm³/mol. The summed E-state index contributed by atoms with van der Waals surface area (Å²) < 4.78 is 0. The molecule has 0 aromatic heterocycles. The van der Waals surface area contributed by atoms with Gasteiger partial charge in [-0.2, -0.15) is 0 Å². The van der Waals surface area contributed by atoms with Crippen LogP contribution in [0.1, 0.15) is 46.0 Å². The molecule has 2 rings (SSSR count). The molecule has 168 valence electrons. The highest BCUT2D eigenvalue weighted by Crippen LogP contribution is 2.21. The maximum atomic E-state index is 13.1. The SMILES string of the molecule is CC(C)C(NC(=O)C1CCCN1)C(=O)N1CCCC1C(=O)NC(CC(=O)O)C(=O)O. The van der Waals surface area contributed by atoms with Gasteiger partial charge in [-0.25, -0.2) is 4.79 Å². The molecule has 0 aromatic rings. The van der Waals surface area contributed by atoms with E-state index in [-0.39, 0.29) is 17.9 Å². The summed E-state index contributed by atoms with van der Waals surface area (Å²) in [7, 11) is 0. The zero-order chi connectivity index (χ0) is 22.4. The number of likely N-dealkylation sites (tertiary alicyclic amines) is 1. The fourth-order valence-electron chi connectivity index (χ4n) is 3.80. The van der Waals surface area contributed by atoms with Crippen LogP contribution in [0.3, 0.4) is 0 Å². The van der Waals surface area contributed by atoms with Gasteiger partial charge in [-0.05, 0) is 38.1 Å². The van der Waals surface area contributed by atoms with Gasteiger partial charge in [0.2, 0.25) is 17.7 Å². The van der Waals surface area contributed by atoms with E-state index in [1.807, 2.05) is 0 Å². The minimum absolute atomic E-state index is 0.217. The van der Waals surface area contributed by atoms with Crippen molar-refractivity contribution in [2.45, 2.75) is 70.1 Å². The number of hydrogen-bond donors (Lipinski definition) is 5. The zero-order valence-electron chi connectivity index (χ0n) is 17.2. The lowest BCUT2D eigenvalue weighted by Gasteiger charge is -2.31. The Morgan fingerprint density at radius 2 is 1.73 bits per heavy atom. The quantitative estimate of drug-likeness (QED) is 0.310. The lowest BCUT2D eigenvalue weighted by Crippen LogP contribution is -2.58. The molecule has 5 N–H and O–H groups in total. The van der Waals surface area contributed by atoms with E-state index < -0.39 is 48.3 Å². The first-order valence-corrected chi connectivity index (χ1v) is 10.2. The van der Waals surface area contributed by atoms with E-state index in [0.717, 1.165) is 13.0 Å². The molecule has 0 bridgehead atoms. The number of nitrogens with zero attached hydrogens (tertiary/aromatic N) is 1. The molecule has 0 aliphatic carbocycles. The van der Waals surface area contributed by atoms with Gasteiger partial charge < -0.3 is 31.1 Å². The van der Waals surface area contributed by atoms with Crippen LogP contribution in [0.15, 0.2) is 0 Å². The van der Waals surface area contributed by atoms with Gasteiger partial charge in [0.05, 0.1) is 12.5 Å². The third-order valence-corrected chi connectivity index (χ3v) is 5.44. The Balaban J connectivity index is 2.07. The molecule has 2 saturated heterocycles. The molecule has 11 heteroatoms. The number of nitrogens with one attached hydrogen (secondary N) is 3. The number of rotatable bonds is 9. The Labute approximate surface area is 174 Å². The minimum Gasteiger partial charge on any atom is -0.481 e. The van der Waals surface area contributed by atoms with Crippen LogP contribution < -0.4 is 16.0 Å². The summed E-state index contributed by atoms with van der Waals surface area (Å²) in [5.74, 6) is -4.40. The number of amides is 3. The molecule has 0 radical (unpaired) electrons. The Morgan fingerprint density at radius 1 is 1.03 bits per heavy atom.